The molecule has 1 saturated heterocycles. The maximum absolute atomic E-state index is 12.6. The first-order valence-corrected chi connectivity index (χ1v) is 9.02. The Morgan fingerprint density at radius 2 is 2.19 bits per heavy atom. The van der Waals surface area contributed by atoms with Crippen LogP contribution in [0.1, 0.15) is 25.3 Å². The first kappa shape index (κ1) is 18.1. The lowest BCUT2D eigenvalue weighted by atomic mass is 10.1. The van der Waals surface area contributed by atoms with Gasteiger partial charge in [-0.3, -0.25) is 9.78 Å². The summed E-state index contributed by atoms with van der Waals surface area (Å²) in [7, 11) is 1.87. The van der Waals surface area contributed by atoms with Gasteiger partial charge >= 0.3 is 0 Å². The predicted molar refractivity (Wildman–Crippen MR) is 99.1 cm³/mol. The van der Waals surface area contributed by atoms with Crippen molar-refractivity contribution >= 4 is 11.7 Å². The molecule has 0 bridgehead atoms. The van der Waals surface area contributed by atoms with E-state index in [1.807, 2.05) is 24.1 Å². The maximum Gasteiger partial charge on any atom is 0.257 e. The van der Waals surface area contributed by atoms with E-state index in [9.17, 15) is 4.79 Å². The topological polar surface area (TPSA) is 71.5 Å². The Hall–Kier alpha value is -2.70. The molecule has 1 amide bonds. The van der Waals surface area contributed by atoms with Gasteiger partial charge in [0.05, 0.1) is 19.1 Å². The quantitative estimate of drug-likeness (QED) is 0.756. The van der Waals surface area contributed by atoms with Gasteiger partial charge in [-0.1, -0.05) is 13.0 Å². The second kappa shape index (κ2) is 8.60. The van der Waals surface area contributed by atoms with Gasteiger partial charge in [-0.25, -0.2) is 9.97 Å². The highest BCUT2D eigenvalue weighted by atomic mass is 16.5. The summed E-state index contributed by atoms with van der Waals surface area (Å²) in [5.41, 5.74) is 0.934. The van der Waals surface area contributed by atoms with Crippen molar-refractivity contribution in [2.75, 3.05) is 31.6 Å². The highest BCUT2D eigenvalue weighted by Crippen LogP contribution is 2.27. The van der Waals surface area contributed by atoms with Gasteiger partial charge in [-0.05, 0) is 24.5 Å². The number of carbonyl (C=O) groups excluding carboxylic acids is 1. The summed E-state index contributed by atoms with van der Waals surface area (Å²) in [6.45, 7) is 4.24. The van der Waals surface area contributed by atoms with E-state index in [0.29, 0.717) is 18.9 Å². The van der Waals surface area contributed by atoms with E-state index in [-0.39, 0.29) is 11.9 Å². The van der Waals surface area contributed by atoms with E-state index in [1.165, 1.54) is 0 Å². The first-order valence-electron chi connectivity index (χ1n) is 9.02. The van der Waals surface area contributed by atoms with Gasteiger partial charge in [-0.2, -0.15) is 0 Å². The minimum absolute atomic E-state index is 0.103. The minimum Gasteiger partial charge on any atom is -0.475 e. The molecule has 3 heterocycles. The molecule has 0 N–H and O–H groups in total. The fourth-order valence-corrected chi connectivity index (χ4v) is 3.09. The van der Waals surface area contributed by atoms with Gasteiger partial charge < -0.3 is 14.5 Å². The third-order valence-electron chi connectivity index (χ3n) is 4.57. The number of likely N-dealkylation sites (N-methyl/N-ethyl adjacent to an activating group) is 1. The van der Waals surface area contributed by atoms with Crippen LogP contribution in [0.2, 0.25) is 0 Å². The van der Waals surface area contributed by atoms with E-state index in [1.54, 1.807) is 24.8 Å². The predicted octanol–water partition coefficient (Wildman–Crippen LogP) is 1.94. The van der Waals surface area contributed by atoms with Crippen LogP contribution in [0, 0.1) is 0 Å². The standard InChI is InChI=1S/C19H25N5O2/c1-3-11-26-19-18(21-8-9-22-19)24-10-6-16(14-24)23(2)17(25)12-15-5-4-7-20-13-15/h4-5,7-9,13,16H,3,6,10-12,14H2,1-2H3/t16-/m1/s1. The van der Waals surface area contributed by atoms with Gasteiger partial charge in [0, 0.05) is 44.9 Å². The number of amides is 1. The molecule has 0 aliphatic carbocycles. The van der Waals surface area contributed by atoms with Crippen molar-refractivity contribution in [1.82, 2.24) is 19.9 Å². The lowest BCUT2D eigenvalue weighted by molar-refractivity contribution is -0.130. The van der Waals surface area contributed by atoms with Crippen LogP contribution >= 0.6 is 0 Å². The normalized spacial score (nSPS) is 16.5. The summed E-state index contributed by atoms with van der Waals surface area (Å²) in [5, 5.41) is 0. The molecule has 26 heavy (non-hydrogen) atoms. The van der Waals surface area contributed by atoms with Crippen molar-refractivity contribution in [2.45, 2.75) is 32.2 Å². The molecule has 138 valence electrons. The molecule has 1 aliphatic heterocycles. The second-order valence-electron chi connectivity index (χ2n) is 6.46. The van der Waals surface area contributed by atoms with E-state index >= 15 is 0 Å². The highest BCUT2D eigenvalue weighted by Gasteiger charge is 2.30. The van der Waals surface area contributed by atoms with E-state index < -0.39 is 0 Å². The summed E-state index contributed by atoms with van der Waals surface area (Å²) in [5.74, 6) is 1.43. The first-order chi connectivity index (χ1) is 12.7. The van der Waals surface area contributed by atoms with Crippen LogP contribution in [0.25, 0.3) is 0 Å². The lowest BCUT2D eigenvalue weighted by Gasteiger charge is -2.25. The highest BCUT2D eigenvalue weighted by molar-refractivity contribution is 5.79. The summed E-state index contributed by atoms with van der Waals surface area (Å²) in [6.07, 6.45) is 8.97. The van der Waals surface area contributed by atoms with Crippen molar-refractivity contribution in [1.29, 1.82) is 0 Å². The summed E-state index contributed by atoms with van der Waals surface area (Å²) >= 11 is 0. The monoisotopic (exact) mass is 355 g/mol. The Morgan fingerprint density at radius 3 is 2.96 bits per heavy atom. The van der Waals surface area contributed by atoms with Crippen LogP contribution < -0.4 is 9.64 Å². The number of carbonyl (C=O) groups is 1. The second-order valence-corrected chi connectivity index (χ2v) is 6.46. The molecule has 7 heteroatoms. The van der Waals surface area contributed by atoms with E-state index in [4.69, 9.17) is 4.74 Å². The molecule has 3 rings (SSSR count). The molecule has 0 saturated carbocycles. The van der Waals surface area contributed by atoms with Crippen LogP contribution in [-0.2, 0) is 11.2 Å². The zero-order valence-electron chi connectivity index (χ0n) is 15.3. The number of pyridine rings is 1. The number of rotatable bonds is 7. The number of nitrogens with zero attached hydrogens (tertiary/aromatic N) is 5. The Kier molecular flexibility index (Phi) is 5.99. The fraction of sp³-hybridized carbons (Fsp3) is 0.474. The van der Waals surface area contributed by atoms with Crippen molar-refractivity contribution in [3.63, 3.8) is 0 Å². The molecule has 0 radical (unpaired) electrons. The molecule has 2 aromatic rings. The largest absolute Gasteiger partial charge is 0.475 e. The molecular formula is C19H25N5O2. The lowest BCUT2D eigenvalue weighted by Crippen LogP contribution is -2.40. The molecule has 7 nitrogen and oxygen atoms in total. The smallest absolute Gasteiger partial charge is 0.257 e. The van der Waals surface area contributed by atoms with Crippen molar-refractivity contribution in [2.24, 2.45) is 0 Å². The van der Waals surface area contributed by atoms with Gasteiger partial charge in [0.25, 0.3) is 5.88 Å². The SMILES string of the molecule is CCCOc1nccnc1N1CC[C@@H](N(C)C(=O)Cc2cccnc2)C1. The molecule has 0 aromatic carbocycles. The Labute approximate surface area is 154 Å². The fourth-order valence-electron chi connectivity index (χ4n) is 3.09. The Morgan fingerprint density at radius 1 is 1.35 bits per heavy atom. The van der Waals surface area contributed by atoms with E-state index in [2.05, 4.69) is 26.8 Å². The Bertz CT molecular complexity index is 725. The van der Waals surface area contributed by atoms with Gasteiger partial charge in [-0.15, -0.1) is 0 Å². The van der Waals surface area contributed by atoms with Crippen molar-refractivity contribution < 1.29 is 9.53 Å². The maximum atomic E-state index is 12.6. The minimum atomic E-state index is 0.103. The van der Waals surface area contributed by atoms with E-state index in [0.717, 1.165) is 37.3 Å². The van der Waals surface area contributed by atoms with Crippen LogP contribution in [-0.4, -0.2) is 58.5 Å². The van der Waals surface area contributed by atoms with Crippen molar-refractivity contribution in [3.8, 4) is 5.88 Å². The summed E-state index contributed by atoms with van der Waals surface area (Å²) in [6, 6.07) is 3.93. The molecule has 1 atom stereocenters. The summed E-state index contributed by atoms with van der Waals surface area (Å²) < 4.78 is 5.72. The number of anilines is 1. The molecule has 2 aromatic heterocycles. The number of ether oxygens (including phenoxy) is 1. The average Bonchev–Trinajstić information content (AvgIpc) is 3.16. The van der Waals surface area contributed by atoms with Gasteiger partial charge in [0.2, 0.25) is 5.91 Å². The average molecular weight is 355 g/mol. The van der Waals surface area contributed by atoms with Crippen molar-refractivity contribution in [3.05, 3.63) is 42.5 Å². The molecular weight excluding hydrogens is 330 g/mol. The zero-order valence-corrected chi connectivity index (χ0v) is 15.3. The number of hydrogen-bond acceptors (Lipinski definition) is 6. The third-order valence-corrected chi connectivity index (χ3v) is 4.57. The molecule has 0 unspecified atom stereocenters. The van der Waals surface area contributed by atoms with Gasteiger partial charge in [0.1, 0.15) is 0 Å². The van der Waals surface area contributed by atoms with Crippen LogP contribution in [0.3, 0.4) is 0 Å². The van der Waals surface area contributed by atoms with Gasteiger partial charge in [0.15, 0.2) is 5.82 Å². The van der Waals surface area contributed by atoms with Crippen LogP contribution in [0.5, 0.6) is 5.88 Å². The molecule has 0 spiro atoms. The van der Waals surface area contributed by atoms with Crippen LogP contribution in [0.4, 0.5) is 5.82 Å². The zero-order chi connectivity index (χ0) is 18.4. The number of hydrogen-bond donors (Lipinski definition) is 0. The van der Waals surface area contributed by atoms with Crippen LogP contribution in [0.15, 0.2) is 36.9 Å². The molecule has 1 aliphatic rings. The number of aromatic nitrogens is 3. The molecule has 1 fully saturated rings. The summed E-state index contributed by atoms with van der Waals surface area (Å²) in [4.78, 5) is 29.4. The third kappa shape index (κ3) is 4.28. The Balaban J connectivity index is 1.62.